The van der Waals surface area contributed by atoms with Gasteiger partial charge in [-0.15, -0.1) is 0 Å². The maximum absolute atomic E-state index is 15.0. The lowest BCUT2D eigenvalue weighted by molar-refractivity contribution is -0.124. The average Bonchev–Trinajstić information content (AvgIpc) is 3.75. The highest BCUT2D eigenvalue weighted by Crippen LogP contribution is 2.47. The van der Waals surface area contributed by atoms with E-state index in [1.807, 2.05) is 119 Å². The lowest BCUT2D eigenvalue weighted by atomic mass is 10.0. The number of pyridine rings is 2. The quantitative estimate of drug-likeness (QED) is 0.0807. The van der Waals surface area contributed by atoms with Gasteiger partial charge in [-0.25, -0.2) is 9.97 Å². The molecule has 8 nitrogen and oxygen atoms in total. The summed E-state index contributed by atoms with van der Waals surface area (Å²) < 4.78 is 0. The van der Waals surface area contributed by atoms with Crippen molar-refractivity contribution in [3.8, 4) is 0 Å². The molecule has 2 amide bonds. The summed E-state index contributed by atoms with van der Waals surface area (Å²) in [5, 5.41) is 0. The molecule has 0 bridgehead atoms. The van der Waals surface area contributed by atoms with Crippen LogP contribution in [0.2, 0.25) is 0 Å². The van der Waals surface area contributed by atoms with Crippen LogP contribution in [0.4, 0.5) is 34.4 Å². The number of hydrogen-bond donors (Lipinski definition) is 0. The van der Waals surface area contributed by atoms with Crippen LogP contribution in [0, 0.1) is 0 Å². The fourth-order valence-corrected chi connectivity index (χ4v) is 8.27. The molecule has 2 aliphatic rings. The summed E-state index contributed by atoms with van der Waals surface area (Å²) in [5.41, 5.74) is 7.59. The van der Waals surface area contributed by atoms with E-state index in [2.05, 4.69) is 72.2 Å². The topological polar surface area (TPSA) is 72.9 Å². The van der Waals surface area contributed by atoms with Crippen LogP contribution in [0.3, 0.4) is 0 Å². The zero-order valence-electron chi connectivity index (χ0n) is 34.6. The Hall–Kier alpha value is -6.80. The van der Waals surface area contributed by atoms with Crippen molar-refractivity contribution in [2.24, 2.45) is 0 Å². The maximum Gasteiger partial charge on any atom is 0.261 e. The second-order valence-corrected chi connectivity index (χ2v) is 15.3. The van der Waals surface area contributed by atoms with Gasteiger partial charge in [0.2, 0.25) is 0 Å². The van der Waals surface area contributed by atoms with Crippen molar-refractivity contribution >= 4 is 57.6 Å². The number of anilines is 6. The van der Waals surface area contributed by atoms with E-state index < -0.39 is 0 Å². The molecule has 0 saturated heterocycles. The monoisotopic (exact) mass is 792 g/mol. The summed E-state index contributed by atoms with van der Waals surface area (Å²) in [6.07, 6.45) is 11.6. The van der Waals surface area contributed by atoms with Crippen molar-refractivity contribution in [3.05, 3.63) is 180 Å². The van der Waals surface area contributed by atoms with Crippen LogP contribution in [-0.2, 0) is 9.59 Å². The third-order valence-corrected chi connectivity index (χ3v) is 11.2. The van der Waals surface area contributed by atoms with Gasteiger partial charge in [-0.05, 0) is 85.6 Å². The van der Waals surface area contributed by atoms with E-state index in [0.717, 1.165) is 96.9 Å². The van der Waals surface area contributed by atoms with Gasteiger partial charge in [-0.3, -0.25) is 19.4 Å². The van der Waals surface area contributed by atoms with Gasteiger partial charge in [0, 0.05) is 59.4 Å². The molecule has 0 atom stereocenters. The molecule has 4 aromatic carbocycles. The number of carbonyl (C=O) groups is 2. The van der Waals surface area contributed by atoms with Crippen molar-refractivity contribution in [3.63, 3.8) is 0 Å². The molecule has 2 aromatic heterocycles. The predicted octanol–water partition coefficient (Wildman–Crippen LogP) is 12.4. The molecule has 0 aliphatic carbocycles. The molecule has 4 heterocycles. The van der Waals surface area contributed by atoms with Crippen LogP contribution >= 0.6 is 0 Å². The number of benzene rings is 4. The number of aromatic nitrogens is 2. The van der Waals surface area contributed by atoms with Gasteiger partial charge in [0.1, 0.15) is 11.6 Å². The number of fused-ring (bicyclic) bond motifs is 1. The third kappa shape index (κ3) is 8.23. The van der Waals surface area contributed by atoms with E-state index in [9.17, 15) is 9.59 Å². The largest absolute Gasteiger partial charge is 0.307 e. The molecule has 2 aliphatic heterocycles. The van der Waals surface area contributed by atoms with Crippen molar-refractivity contribution in [2.75, 3.05) is 22.9 Å². The molecule has 60 heavy (non-hydrogen) atoms. The molecule has 6 aromatic rings. The molecule has 8 heteroatoms. The number of amides is 2. The van der Waals surface area contributed by atoms with Gasteiger partial charge in [0.05, 0.1) is 22.5 Å². The Morgan fingerprint density at radius 1 is 0.417 bits per heavy atom. The van der Waals surface area contributed by atoms with Gasteiger partial charge in [-0.2, -0.15) is 0 Å². The molecule has 0 N–H and O–H groups in total. The minimum atomic E-state index is -0.144. The molecule has 0 saturated carbocycles. The van der Waals surface area contributed by atoms with Crippen LogP contribution in [0.1, 0.15) is 76.3 Å². The summed E-state index contributed by atoms with van der Waals surface area (Å²) >= 11 is 0. The molecule has 0 unspecified atom stereocenters. The van der Waals surface area contributed by atoms with Gasteiger partial charge >= 0.3 is 0 Å². The van der Waals surface area contributed by atoms with Crippen molar-refractivity contribution in [1.29, 1.82) is 0 Å². The van der Waals surface area contributed by atoms with E-state index in [4.69, 9.17) is 9.97 Å². The molecule has 8 rings (SSSR count). The number of unbranched alkanes of at least 4 members (excludes halogenated alkanes) is 6. The Balaban J connectivity index is 1.23. The zero-order valence-corrected chi connectivity index (χ0v) is 34.6. The van der Waals surface area contributed by atoms with E-state index in [-0.39, 0.29) is 11.8 Å². The Bertz CT molecular complexity index is 2180. The summed E-state index contributed by atoms with van der Waals surface area (Å²) in [5.74, 6) is 1.18. The van der Waals surface area contributed by atoms with E-state index >= 15 is 0 Å². The number of rotatable bonds is 18. The van der Waals surface area contributed by atoms with Gasteiger partial charge in [-0.1, -0.05) is 125 Å². The average molecular weight is 793 g/mol. The Morgan fingerprint density at radius 2 is 0.750 bits per heavy atom. The van der Waals surface area contributed by atoms with Crippen LogP contribution in [0.5, 0.6) is 0 Å². The first kappa shape index (κ1) is 40.0. The van der Waals surface area contributed by atoms with Crippen molar-refractivity contribution in [2.45, 2.75) is 65.2 Å². The minimum Gasteiger partial charge on any atom is -0.307 e. The normalized spacial score (nSPS) is 13.7. The highest BCUT2D eigenvalue weighted by Gasteiger charge is 2.48. The standard InChI is InChI=1S/C52H52N6O2/c1-3-5-7-21-35-55-49(39-31-33-45(53-37-39)57(41-23-13-9-14-24-41)42-25-15-10-16-26-42)47-48(51(55)59)50(56(52(47)60)36-22-8-6-4-2)40-32-34-46(54-38-40)58(43-27-17-11-18-28-43)44-29-19-12-20-30-44/h9-20,23-34,37-38H,3-8,21-22,35-36H2,1-2H3. The second kappa shape index (κ2) is 18.9. The van der Waals surface area contributed by atoms with Crippen molar-refractivity contribution < 1.29 is 9.59 Å². The fraction of sp³-hybridized carbons (Fsp3) is 0.231. The van der Waals surface area contributed by atoms with Crippen molar-refractivity contribution in [1.82, 2.24) is 19.8 Å². The second-order valence-electron chi connectivity index (χ2n) is 15.3. The number of carbonyl (C=O) groups excluding carboxylic acids is 2. The molecular weight excluding hydrogens is 741 g/mol. The summed E-state index contributed by atoms with van der Waals surface area (Å²) in [6.45, 7) is 5.40. The van der Waals surface area contributed by atoms with Crippen LogP contribution in [-0.4, -0.2) is 44.7 Å². The number of hydrogen-bond acceptors (Lipinski definition) is 6. The van der Waals surface area contributed by atoms with E-state index in [1.54, 1.807) is 0 Å². The summed E-state index contributed by atoms with van der Waals surface area (Å²) in [7, 11) is 0. The van der Waals surface area contributed by atoms with E-state index in [1.165, 1.54) is 0 Å². The first-order chi connectivity index (χ1) is 29.6. The van der Waals surface area contributed by atoms with Gasteiger partial charge < -0.3 is 9.80 Å². The third-order valence-electron chi connectivity index (χ3n) is 11.2. The van der Waals surface area contributed by atoms with Crippen LogP contribution in [0.15, 0.2) is 169 Å². The highest BCUT2D eigenvalue weighted by atomic mass is 16.2. The van der Waals surface area contributed by atoms with E-state index in [0.29, 0.717) is 35.6 Å². The Morgan fingerprint density at radius 3 is 1.03 bits per heavy atom. The number of para-hydroxylation sites is 4. The minimum absolute atomic E-state index is 0.144. The molecule has 0 fully saturated rings. The lowest BCUT2D eigenvalue weighted by Gasteiger charge is -2.27. The molecule has 0 radical (unpaired) electrons. The number of nitrogens with zero attached hydrogens (tertiary/aromatic N) is 6. The van der Waals surface area contributed by atoms with Crippen LogP contribution in [0.25, 0.3) is 11.4 Å². The molecule has 0 spiro atoms. The molecular formula is C52H52N6O2. The zero-order chi connectivity index (χ0) is 41.3. The predicted molar refractivity (Wildman–Crippen MR) is 243 cm³/mol. The van der Waals surface area contributed by atoms with Crippen LogP contribution < -0.4 is 9.80 Å². The first-order valence-electron chi connectivity index (χ1n) is 21.4. The fourth-order valence-electron chi connectivity index (χ4n) is 8.27. The summed E-state index contributed by atoms with van der Waals surface area (Å²) in [6, 6.07) is 48.6. The first-order valence-corrected chi connectivity index (χ1v) is 21.4. The Kier molecular flexibility index (Phi) is 12.6. The SMILES string of the molecule is CCCCCCN1C(=O)C2=C(c3ccc(N(c4ccccc4)c4ccccc4)nc3)N(CCCCCC)C(=O)C2=C1c1ccc(N(c2ccccc2)c2ccccc2)nc1. The smallest absolute Gasteiger partial charge is 0.261 e. The highest BCUT2D eigenvalue weighted by molar-refractivity contribution is 6.30. The van der Waals surface area contributed by atoms with Gasteiger partial charge in [0.15, 0.2) is 0 Å². The molecule has 302 valence electrons. The lowest BCUT2D eigenvalue weighted by Crippen LogP contribution is -2.31. The summed E-state index contributed by atoms with van der Waals surface area (Å²) in [4.78, 5) is 47.9. The van der Waals surface area contributed by atoms with Gasteiger partial charge in [0.25, 0.3) is 11.8 Å². The Labute approximate surface area is 354 Å². The maximum atomic E-state index is 15.0.